The Bertz CT molecular complexity index is 750. The number of halogens is 2. The predicted octanol–water partition coefficient (Wildman–Crippen LogP) is 7.64. The van der Waals surface area contributed by atoms with Crippen molar-refractivity contribution in [2.24, 2.45) is 17.8 Å². The fourth-order valence-electron chi connectivity index (χ4n) is 6.03. The molecular formula is C26H34F2O. The van der Waals surface area contributed by atoms with Crippen molar-refractivity contribution in [3.8, 4) is 0 Å². The molecule has 158 valence electrons. The summed E-state index contributed by atoms with van der Waals surface area (Å²) in [5.41, 5.74) is 1.54. The summed E-state index contributed by atoms with van der Waals surface area (Å²) in [4.78, 5) is 11.5. The highest BCUT2D eigenvalue weighted by Crippen LogP contribution is 2.45. The van der Waals surface area contributed by atoms with Gasteiger partial charge in [0.15, 0.2) is 0 Å². The van der Waals surface area contributed by atoms with E-state index in [9.17, 15) is 13.6 Å². The molecule has 0 radical (unpaired) electrons. The third-order valence-corrected chi connectivity index (χ3v) is 7.90. The van der Waals surface area contributed by atoms with Crippen LogP contribution in [0.4, 0.5) is 8.78 Å². The van der Waals surface area contributed by atoms with Crippen LogP contribution in [0, 0.1) is 17.8 Å². The minimum Gasteiger partial charge on any atom is -0.288 e. The summed E-state index contributed by atoms with van der Waals surface area (Å²) in [6.07, 6.45) is 17.3. The predicted molar refractivity (Wildman–Crippen MR) is 114 cm³/mol. The standard InChI is InChI=1S/C26H34F2O/c1-2-3-4-18-5-7-19(8-6-18)20-9-11-21(12-10-20)22-13-15-24-23(17-22)14-16-25(29)26(24,27)28/h13-21H,2-12H2,1H3. The number of alkyl halides is 2. The Hall–Kier alpha value is -1.51. The maximum absolute atomic E-state index is 14.1. The van der Waals surface area contributed by atoms with Gasteiger partial charge in [0.2, 0.25) is 5.78 Å². The number of carbonyl (C=O) groups is 1. The first-order valence-electron chi connectivity index (χ1n) is 11.7. The molecule has 0 heterocycles. The Labute approximate surface area is 174 Å². The van der Waals surface area contributed by atoms with Gasteiger partial charge < -0.3 is 0 Å². The van der Waals surface area contributed by atoms with Crippen LogP contribution >= 0.6 is 0 Å². The van der Waals surface area contributed by atoms with E-state index in [-0.39, 0.29) is 5.56 Å². The van der Waals surface area contributed by atoms with E-state index in [1.165, 1.54) is 69.4 Å². The smallest absolute Gasteiger partial charge is 0.288 e. The van der Waals surface area contributed by atoms with Gasteiger partial charge in [0.25, 0.3) is 0 Å². The van der Waals surface area contributed by atoms with Gasteiger partial charge >= 0.3 is 5.92 Å². The van der Waals surface area contributed by atoms with Crippen LogP contribution in [-0.2, 0) is 10.7 Å². The van der Waals surface area contributed by atoms with Crippen molar-refractivity contribution in [3.05, 3.63) is 41.0 Å². The van der Waals surface area contributed by atoms with Gasteiger partial charge in [-0.25, -0.2) is 0 Å². The number of allylic oxidation sites excluding steroid dienone is 1. The number of carbonyl (C=O) groups excluding carboxylic acids is 1. The minimum absolute atomic E-state index is 0.137. The van der Waals surface area contributed by atoms with E-state index in [0.29, 0.717) is 11.5 Å². The summed E-state index contributed by atoms with van der Waals surface area (Å²) >= 11 is 0. The summed E-state index contributed by atoms with van der Waals surface area (Å²) < 4.78 is 28.2. The Morgan fingerprint density at radius 3 is 2.24 bits per heavy atom. The molecule has 0 unspecified atom stereocenters. The molecule has 29 heavy (non-hydrogen) atoms. The second kappa shape index (κ2) is 8.70. The van der Waals surface area contributed by atoms with Gasteiger partial charge in [-0.05, 0) is 79.4 Å². The van der Waals surface area contributed by atoms with Crippen LogP contribution in [0.15, 0.2) is 24.3 Å². The van der Waals surface area contributed by atoms with Gasteiger partial charge in [0.1, 0.15) is 0 Å². The van der Waals surface area contributed by atoms with Crippen molar-refractivity contribution in [1.82, 2.24) is 0 Å². The van der Waals surface area contributed by atoms with Crippen molar-refractivity contribution in [3.63, 3.8) is 0 Å². The van der Waals surface area contributed by atoms with E-state index < -0.39 is 11.7 Å². The highest BCUT2D eigenvalue weighted by molar-refractivity contribution is 6.02. The van der Waals surface area contributed by atoms with Crippen LogP contribution in [0.25, 0.3) is 6.08 Å². The summed E-state index contributed by atoms with van der Waals surface area (Å²) in [5, 5.41) is 0. The number of rotatable bonds is 5. The molecule has 0 aliphatic heterocycles. The average molecular weight is 401 g/mol. The van der Waals surface area contributed by atoms with E-state index in [1.807, 2.05) is 12.1 Å². The SMILES string of the molecule is CCCCC1CCC(C2CCC(c3ccc4c(c3)C=CC(=O)C4(F)F)CC2)CC1. The first kappa shape index (κ1) is 20.8. The van der Waals surface area contributed by atoms with Crippen LogP contribution in [0.3, 0.4) is 0 Å². The van der Waals surface area contributed by atoms with Crippen LogP contribution in [0.1, 0.15) is 100 Å². The highest BCUT2D eigenvalue weighted by Gasteiger charge is 2.42. The van der Waals surface area contributed by atoms with Crippen LogP contribution in [0.2, 0.25) is 0 Å². The molecule has 0 atom stereocenters. The van der Waals surface area contributed by atoms with Gasteiger partial charge in [-0.1, -0.05) is 63.3 Å². The Morgan fingerprint density at radius 2 is 1.59 bits per heavy atom. The van der Waals surface area contributed by atoms with Crippen molar-refractivity contribution in [2.75, 3.05) is 0 Å². The molecule has 3 aliphatic rings. The van der Waals surface area contributed by atoms with E-state index in [1.54, 1.807) is 6.08 Å². The van der Waals surface area contributed by atoms with Gasteiger partial charge in [0, 0.05) is 5.56 Å². The largest absolute Gasteiger partial charge is 0.334 e. The van der Waals surface area contributed by atoms with E-state index in [4.69, 9.17) is 0 Å². The van der Waals surface area contributed by atoms with Crippen molar-refractivity contribution in [2.45, 2.75) is 89.4 Å². The zero-order chi connectivity index (χ0) is 20.4. The minimum atomic E-state index is -3.38. The first-order chi connectivity index (χ1) is 14.0. The van der Waals surface area contributed by atoms with E-state index in [2.05, 4.69) is 6.92 Å². The third-order valence-electron chi connectivity index (χ3n) is 7.90. The molecule has 1 aromatic carbocycles. The van der Waals surface area contributed by atoms with Gasteiger partial charge in [-0.3, -0.25) is 4.79 Å². The van der Waals surface area contributed by atoms with Crippen molar-refractivity contribution in [1.29, 1.82) is 0 Å². The molecule has 2 fully saturated rings. The van der Waals surface area contributed by atoms with Gasteiger partial charge in [0.05, 0.1) is 0 Å². The number of unbranched alkanes of at least 4 members (excludes halogenated alkanes) is 1. The number of hydrogen-bond donors (Lipinski definition) is 0. The molecule has 0 amide bonds. The second-order valence-electron chi connectivity index (χ2n) is 9.65. The number of fused-ring (bicyclic) bond motifs is 1. The molecule has 0 N–H and O–H groups in total. The van der Waals surface area contributed by atoms with Crippen LogP contribution in [0.5, 0.6) is 0 Å². The molecule has 0 bridgehead atoms. The van der Waals surface area contributed by atoms with Crippen LogP contribution < -0.4 is 0 Å². The molecule has 0 aromatic heterocycles. The Kier molecular flexibility index (Phi) is 6.22. The van der Waals surface area contributed by atoms with Crippen LogP contribution in [-0.4, -0.2) is 5.78 Å². The van der Waals surface area contributed by atoms with E-state index in [0.717, 1.165) is 36.7 Å². The first-order valence-corrected chi connectivity index (χ1v) is 11.7. The molecular weight excluding hydrogens is 366 g/mol. The lowest BCUT2D eigenvalue weighted by atomic mass is 9.68. The maximum Gasteiger partial charge on any atom is 0.334 e. The maximum atomic E-state index is 14.1. The number of benzene rings is 1. The lowest BCUT2D eigenvalue weighted by Crippen LogP contribution is -2.28. The third kappa shape index (κ3) is 4.34. The molecule has 1 aromatic rings. The van der Waals surface area contributed by atoms with E-state index >= 15 is 0 Å². The van der Waals surface area contributed by atoms with Gasteiger partial charge in [-0.15, -0.1) is 0 Å². The lowest BCUT2D eigenvalue weighted by Gasteiger charge is -2.38. The fraction of sp³-hybridized carbons (Fsp3) is 0.654. The molecule has 4 rings (SSSR count). The summed E-state index contributed by atoms with van der Waals surface area (Å²) in [6.45, 7) is 2.29. The zero-order valence-corrected chi connectivity index (χ0v) is 17.6. The summed E-state index contributed by atoms with van der Waals surface area (Å²) in [7, 11) is 0. The molecule has 0 saturated heterocycles. The topological polar surface area (TPSA) is 17.1 Å². The lowest BCUT2D eigenvalue weighted by molar-refractivity contribution is -0.139. The summed E-state index contributed by atoms with van der Waals surface area (Å²) in [5.74, 6) is -1.28. The number of hydrogen-bond acceptors (Lipinski definition) is 1. The molecule has 3 aliphatic carbocycles. The van der Waals surface area contributed by atoms with Crippen molar-refractivity contribution >= 4 is 11.9 Å². The monoisotopic (exact) mass is 400 g/mol. The molecule has 3 heteroatoms. The highest BCUT2D eigenvalue weighted by atomic mass is 19.3. The molecule has 1 nitrogen and oxygen atoms in total. The van der Waals surface area contributed by atoms with Crippen molar-refractivity contribution < 1.29 is 13.6 Å². The fourth-order valence-corrected chi connectivity index (χ4v) is 6.03. The molecule has 0 spiro atoms. The Balaban J connectivity index is 1.33. The Morgan fingerprint density at radius 1 is 0.931 bits per heavy atom. The zero-order valence-electron chi connectivity index (χ0n) is 17.6. The average Bonchev–Trinajstić information content (AvgIpc) is 2.75. The number of ketones is 1. The normalized spacial score (nSPS) is 31.5. The van der Waals surface area contributed by atoms with Gasteiger partial charge in [-0.2, -0.15) is 8.78 Å². The quantitative estimate of drug-likeness (QED) is 0.496. The molecule has 2 saturated carbocycles. The second-order valence-corrected chi connectivity index (χ2v) is 9.65. The summed E-state index contributed by atoms with van der Waals surface area (Å²) in [6, 6.07) is 5.22.